The van der Waals surface area contributed by atoms with E-state index in [4.69, 9.17) is 11.2 Å². The van der Waals surface area contributed by atoms with E-state index in [-0.39, 0.29) is 6.61 Å². The van der Waals surface area contributed by atoms with E-state index in [0.29, 0.717) is 5.56 Å². The summed E-state index contributed by atoms with van der Waals surface area (Å²) in [5, 5.41) is 0. The minimum Gasteiger partial charge on any atom is -0.449 e. The van der Waals surface area contributed by atoms with Crippen LogP contribution in [0.25, 0.3) is 5.69 Å². The smallest absolute Gasteiger partial charge is 0.341 e. The van der Waals surface area contributed by atoms with Crippen molar-refractivity contribution in [3.05, 3.63) is 48.3 Å². The lowest BCUT2D eigenvalue weighted by molar-refractivity contribution is 0.0557. The van der Waals surface area contributed by atoms with Crippen LogP contribution in [0.5, 0.6) is 0 Å². The highest BCUT2D eigenvalue weighted by Crippen LogP contribution is 2.23. The number of esters is 1. The molecule has 4 nitrogen and oxygen atoms in total. The minimum atomic E-state index is -0.416. The SMILES string of the molecule is C#CCOC(=O)c1cc(-n2cccc2)ccc1N(C)C. The standard InChI is InChI=1S/C16H16N2O2/c1-4-11-20-16(19)14-12-13(18-9-5-6-10-18)7-8-15(14)17(2)3/h1,5-10,12H,11H2,2-3H3. The molecular weight excluding hydrogens is 252 g/mol. The van der Waals surface area contributed by atoms with E-state index < -0.39 is 5.97 Å². The molecule has 20 heavy (non-hydrogen) atoms. The van der Waals surface area contributed by atoms with Crippen LogP contribution in [0.4, 0.5) is 5.69 Å². The quantitative estimate of drug-likeness (QED) is 0.630. The number of terminal acetylenes is 1. The minimum absolute atomic E-state index is 0.0283. The number of ether oxygens (including phenoxy) is 1. The van der Waals surface area contributed by atoms with E-state index >= 15 is 0 Å². The summed E-state index contributed by atoms with van der Waals surface area (Å²) in [5.74, 6) is 1.88. The van der Waals surface area contributed by atoms with Crippen molar-refractivity contribution in [1.29, 1.82) is 0 Å². The number of anilines is 1. The highest BCUT2D eigenvalue weighted by molar-refractivity contribution is 5.96. The number of carbonyl (C=O) groups is 1. The van der Waals surface area contributed by atoms with Gasteiger partial charge in [0.1, 0.15) is 0 Å². The van der Waals surface area contributed by atoms with E-state index in [0.717, 1.165) is 11.4 Å². The van der Waals surface area contributed by atoms with Gasteiger partial charge in [0.25, 0.3) is 0 Å². The first-order valence-electron chi connectivity index (χ1n) is 6.19. The lowest BCUT2D eigenvalue weighted by Crippen LogP contribution is -2.16. The average molecular weight is 268 g/mol. The van der Waals surface area contributed by atoms with Crippen LogP contribution in [-0.2, 0) is 4.74 Å². The predicted octanol–water partition coefficient (Wildman–Crippen LogP) is 2.33. The van der Waals surface area contributed by atoms with Crippen molar-refractivity contribution in [2.75, 3.05) is 25.6 Å². The van der Waals surface area contributed by atoms with Crippen LogP contribution >= 0.6 is 0 Å². The molecule has 2 rings (SSSR count). The van der Waals surface area contributed by atoms with Crippen LogP contribution in [0.2, 0.25) is 0 Å². The van der Waals surface area contributed by atoms with Gasteiger partial charge in [-0.25, -0.2) is 4.79 Å². The van der Waals surface area contributed by atoms with E-state index in [2.05, 4.69) is 5.92 Å². The molecule has 0 bridgehead atoms. The summed E-state index contributed by atoms with van der Waals surface area (Å²) in [6, 6.07) is 9.50. The summed E-state index contributed by atoms with van der Waals surface area (Å²) in [6.07, 6.45) is 8.95. The summed E-state index contributed by atoms with van der Waals surface area (Å²) in [7, 11) is 3.76. The predicted molar refractivity (Wildman–Crippen MR) is 79.2 cm³/mol. The number of hydrogen-bond acceptors (Lipinski definition) is 3. The molecule has 0 atom stereocenters. The highest BCUT2D eigenvalue weighted by Gasteiger charge is 2.15. The van der Waals surface area contributed by atoms with Crippen LogP contribution < -0.4 is 4.90 Å². The van der Waals surface area contributed by atoms with Crippen molar-refractivity contribution < 1.29 is 9.53 Å². The Morgan fingerprint density at radius 3 is 2.65 bits per heavy atom. The lowest BCUT2D eigenvalue weighted by Gasteiger charge is -2.17. The Labute approximate surface area is 118 Å². The summed E-state index contributed by atoms with van der Waals surface area (Å²) >= 11 is 0. The van der Waals surface area contributed by atoms with E-state index in [1.165, 1.54) is 0 Å². The fourth-order valence-corrected chi connectivity index (χ4v) is 1.93. The molecule has 0 radical (unpaired) electrons. The van der Waals surface area contributed by atoms with Crippen molar-refractivity contribution in [1.82, 2.24) is 4.57 Å². The largest absolute Gasteiger partial charge is 0.449 e. The Balaban J connectivity index is 2.42. The van der Waals surface area contributed by atoms with Gasteiger partial charge in [-0.1, -0.05) is 5.92 Å². The number of nitrogens with zero attached hydrogens (tertiary/aromatic N) is 2. The van der Waals surface area contributed by atoms with Gasteiger partial charge in [0.15, 0.2) is 6.61 Å². The Morgan fingerprint density at radius 2 is 2.05 bits per heavy atom. The molecule has 0 aliphatic rings. The third-order valence-electron chi connectivity index (χ3n) is 2.87. The fourth-order valence-electron chi connectivity index (χ4n) is 1.93. The third kappa shape index (κ3) is 2.83. The maximum absolute atomic E-state index is 12.1. The van der Waals surface area contributed by atoms with Gasteiger partial charge in [-0.05, 0) is 30.3 Å². The molecule has 0 saturated carbocycles. The van der Waals surface area contributed by atoms with Crippen LogP contribution in [-0.4, -0.2) is 31.2 Å². The molecule has 0 aliphatic carbocycles. The van der Waals surface area contributed by atoms with Crippen molar-refractivity contribution >= 4 is 11.7 Å². The van der Waals surface area contributed by atoms with Gasteiger partial charge in [-0.2, -0.15) is 0 Å². The summed E-state index contributed by atoms with van der Waals surface area (Å²) in [4.78, 5) is 14.0. The molecule has 0 spiro atoms. The van der Waals surface area contributed by atoms with Crippen LogP contribution in [0.3, 0.4) is 0 Å². The Bertz CT molecular complexity index is 637. The molecule has 1 aromatic carbocycles. The third-order valence-corrected chi connectivity index (χ3v) is 2.87. The van der Waals surface area contributed by atoms with E-state index in [9.17, 15) is 4.79 Å². The summed E-state index contributed by atoms with van der Waals surface area (Å²) < 4.78 is 6.96. The number of carbonyl (C=O) groups excluding carboxylic acids is 1. The molecule has 0 amide bonds. The molecule has 4 heteroatoms. The molecule has 0 fully saturated rings. The van der Waals surface area contributed by atoms with Crippen LogP contribution in [0, 0.1) is 12.3 Å². The van der Waals surface area contributed by atoms with Gasteiger partial charge in [0, 0.05) is 32.2 Å². The maximum Gasteiger partial charge on any atom is 0.341 e. The number of rotatable bonds is 4. The first-order valence-corrected chi connectivity index (χ1v) is 6.19. The zero-order valence-electron chi connectivity index (χ0n) is 11.5. The van der Waals surface area contributed by atoms with Gasteiger partial charge >= 0.3 is 5.97 Å². The van der Waals surface area contributed by atoms with Gasteiger partial charge in [-0.15, -0.1) is 6.42 Å². The van der Waals surface area contributed by atoms with E-state index in [1.807, 2.05) is 60.2 Å². The Kier molecular flexibility index (Phi) is 4.11. The Hall–Kier alpha value is -2.67. The molecule has 0 aliphatic heterocycles. The topological polar surface area (TPSA) is 34.5 Å². The van der Waals surface area contributed by atoms with Gasteiger partial charge < -0.3 is 14.2 Å². The first-order chi connectivity index (χ1) is 9.63. The highest BCUT2D eigenvalue weighted by atomic mass is 16.5. The summed E-state index contributed by atoms with van der Waals surface area (Å²) in [6.45, 7) is -0.0283. The van der Waals surface area contributed by atoms with E-state index in [1.54, 1.807) is 6.07 Å². The second-order valence-electron chi connectivity index (χ2n) is 4.47. The zero-order valence-corrected chi connectivity index (χ0v) is 11.5. The first kappa shape index (κ1) is 13.8. The van der Waals surface area contributed by atoms with Crippen LogP contribution in [0.1, 0.15) is 10.4 Å². The molecule has 0 N–H and O–H groups in total. The molecule has 2 aromatic rings. The van der Waals surface area contributed by atoms with Gasteiger partial charge in [0.2, 0.25) is 0 Å². The van der Waals surface area contributed by atoms with Gasteiger partial charge in [-0.3, -0.25) is 0 Å². The van der Waals surface area contributed by atoms with Gasteiger partial charge in [0.05, 0.1) is 11.3 Å². The number of aromatic nitrogens is 1. The molecule has 102 valence electrons. The molecule has 0 saturated heterocycles. The maximum atomic E-state index is 12.1. The molecule has 0 unspecified atom stereocenters. The lowest BCUT2D eigenvalue weighted by atomic mass is 10.1. The van der Waals surface area contributed by atoms with Crippen molar-refractivity contribution in [2.45, 2.75) is 0 Å². The number of hydrogen-bond donors (Lipinski definition) is 0. The normalized spacial score (nSPS) is 9.85. The fraction of sp³-hybridized carbons (Fsp3) is 0.188. The second-order valence-corrected chi connectivity index (χ2v) is 4.47. The average Bonchev–Trinajstić information content (AvgIpc) is 2.98. The Morgan fingerprint density at radius 1 is 1.35 bits per heavy atom. The van der Waals surface area contributed by atoms with Crippen LogP contribution in [0.15, 0.2) is 42.7 Å². The monoisotopic (exact) mass is 268 g/mol. The van der Waals surface area contributed by atoms with Crippen molar-refractivity contribution in [3.63, 3.8) is 0 Å². The molecule has 1 heterocycles. The molecule has 1 aromatic heterocycles. The van der Waals surface area contributed by atoms with Crippen molar-refractivity contribution in [3.8, 4) is 18.0 Å². The second kappa shape index (κ2) is 5.98. The van der Waals surface area contributed by atoms with Crippen molar-refractivity contribution in [2.24, 2.45) is 0 Å². The summed E-state index contributed by atoms with van der Waals surface area (Å²) in [5.41, 5.74) is 2.19. The zero-order chi connectivity index (χ0) is 14.5. The molecular formula is C16H16N2O2. The number of benzene rings is 1.